The van der Waals surface area contributed by atoms with Crippen LogP contribution in [0.1, 0.15) is 54.9 Å². The number of aliphatic hydroxyl groups is 1. The third kappa shape index (κ3) is 2.79. The first kappa shape index (κ1) is 20.4. The van der Waals surface area contributed by atoms with E-state index in [0.29, 0.717) is 17.6 Å². The minimum absolute atomic E-state index is 0.00160. The van der Waals surface area contributed by atoms with Gasteiger partial charge in [0.25, 0.3) is 0 Å². The Morgan fingerprint density at radius 1 is 1.12 bits per heavy atom. The second-order valence-electron chi connectivity index (χ2n) is 7.29. The lowest BCUT2D eigenvalue weighted by Gasteiger charge is -2.48. The predicted octanol–water partition coefficient (Wildman–Crippen LogP) is 3.49. The topological polar surface area (TPSA) is 94.8 Å². The molecular weight excluding hydrogens is 308 g/mol. The largest absolute Gasteiger partial charge is 0.481 e. The van der Waals surface area contributed by atoms with Crippen LogP contribution in [0.3, 0.4) is 0 Å². The van der Waals surface area contributed by atoms with Gasteiger partial charge < -0.3 is 15.3 Å². The molecule has 0 aromatic carbocycles. The van der Waals surface area contributed by atoms with Crippen molar-refractivity contribution in [2.75, 3.05) is 0 Å². The Morgan fingerprint density at radius 2 is 1.62 bits per heavy atom. The lowest BCUT2D eigenvalue weighted by molar-refractivity contribution is -0.156. The lowest BCUT2D eigenvalue weighted by Crippen LogP contribution is -2.52. The number of rotatable bonds is 6. The number of carboxylic acids is 2. The molecule has 136 valence electrons. The molecule has 5 heteroatoms. The smallest absolute Gasteiger partial charge is 0.332 e. The fourth-order valence-corrected chi connectivity index (χ4v) is 4.62. The number of allylic oxidation sites excluding steroid dienone is 2. The maximum absolute atomic E-state index is 12.4. The minimum Gasteiger partial charge on any atom is -0.481 e. The van der Waals surface area contributed by atoms with Crippen molar-refractivity contribution < 1.29 is 24.9 Å². The van der Waals surface area contributed by atoms with Crippen LogP contribution in [-0.4, -0.2) is 33.4 Å². The average molecular weight is 338 g/mol. The highest BCUT2D eigenvalue weighted by atomic mass is 16.4. The molecule has 1 aliphatic rings. The van der Waals surface area contributed by atoms with Crippen LogP contribution in [0, 0.1) is 23.2 Å². The monoisotopic (exact) mass is 338 g/mol. The third-order valence-corrected chi connectivity index (χ3v) is 5.38. The molecular formula is C19H30O5. The van der Waals surface area contributed by atoms with Crippen molar-refractivity contribution in [2.45, 2.75) is 61.0 Å². The van der Waals surface area contributed by atoms with Gasteiger partial charge in [-0.15, -0.1) is 0 Å². The van der Waals surface area contributed by atoms with E-state index in [1.54, 1.807) is 20.8 Å². The zero-order chi connectivity index (χ0) is 19.0. The summed E-state index contributed by atoms with van der Waals surface area (Å²) in [5.41, 5.74) is 0.771. The van der Waals surface area contributed by atoms with Gasteiger partial charge in [0, 0.05) is 11.5 Å². The highest BCUT2D eigenvalue weighted by molar-refractivity contribution is 5.94. The number of carbonyl (C=O) groups is 2. The molecule has 3 atom stereocenters. The summed E-state index contributed by atoms with van der Waals surface area (Å²) in [4.78, 5) is 24.5. The Balaban J connectivity index is 4.07. The molecule has 0 radical (unpaired) electrons. The van der Waals surface area contributed by atoms with E-state index >= 15 is 0 Å². The van der Waals surface area contributed by atoms with Gasteiger partial charge in [-0.2, -0.15) is 0 Å². The Kier molecular flexibility index (Phi) is 6.04. The molecule has 3 N–H and O–H groups in total. The van der Waals surface area contributed by atoms with E-state index in [1.165, 1.54) is 6.92 Å². The van der Waals surface area contributed by atoms with Gasteiger partial charge in [0.05, 0.1) is 6.10 Å². The number of hydrogen-bond donors (Lipinski definition) is 3. The van der Waals surface area contributed by atoms with E-state index in [0.717, 1.165) is 5.57 Å². The molecule has 0 heterocycles. The molecule has 1 aliphatic carbocycles. The fourth-order valence-electron chi connectivity index (χ4n) is 4.62. The number of hydrogen-bond acceptors (Lipinski definition) is 3. The molecule has 0 aromatic rings. The van der Waals surface area contributed by atoms with E-state index in [1.807, 2.05) is 20.8 Å². The Hall–Kier alpha value is -1.62. The van der Waals surface area contributed by atoms with Gasteiger partial charge in [0.15, 0.2) is 0 Å². The lowest BCUT2D eigenvalue weighted by atomic mass is 9.54. The summed E-state index contributed by atoms with van der Waals surface area (Å²) >= 11 is 0. The SMILES string of the molecule is CCC1=C(C(=O)O)C(C(C)O)C(C(=O)O)(C(C)C)C(C)=C1C(C)C. The molecule has 0 aliphatic heterocycles. The van der Waals surface area contributed by atoms with Crippen molar-refractivity contribution in [1.29, 1.82) is 0 Å². The van der Waals surface area contributed by atoms with Crippen LogP contribution in [0.25, 0.3) is 0 Å². The third-order valence-electron chi connectivity index (χ3n) is 5.38. The summed E-state index contributed by atoms with van der Waals surface area (Å²) in [6.07, 6.45) is -0.594. The molecule has 5 nitrogen and oxygen atoms in total. The summed E-state index contributed by atoms with van der Waals surface area (Å²) in [5.74, 6) is -3.56. The zero-order valence-corrected chi connectivity index (χ0v) is 15.7. The summed E-state index contributed by atoms with van der Waals surface area (Å²) in [7, 11) is 0. The number of aliphatic carboxylic acids is 2. The van der Waals surface area contributed by atoms with Crippen molar-refractivity contribution in [3.8, 4) is 0 Å². The van der Waals surface area contributed by atoms with E-state index in [-0.39, 0.29) is 17.4 Å². The van der Waals surface area contributed by atoms with Crippen molar-refractivity contribution in [3.63, 3.8) is 0 Å². The quantitative estimate of drug-likeness (QED) is 0.689. The van der Waals surface area contributed by atoms with E-state index in [9.17, 15) is 24.9 Å². The highest BCUT2D eigenvalue weighted by Crippen LogP contribution is 2.55. The maximum atomic E-state index is 12.4. The summed E-state index contributed by atoms with van der Waals surface area (Å²) in [5, 5.41) is 30.4. The Labute approximate surface area is 144 Å². The summed E-state index contributed by atoms with van der Waals surface area (Å²) < 4.78 is 0. The van der Waals surface area contributed by atoms with Crippen molar-refractivity contribution in [2.24, 2.45) is 23.2 Å². The molecule has 24 heavy (non-hydrogen) atoms. The van der Waals surface area contributed by atoms with Gasteiger partial charge in [0.1, 0.15) is 5.41 Å². The second kappa shape index (κ2) is 7.09. The van der Waals surface area contributed by atoms with Gasteiger partial charge in [-0.25, -0.2) is 4.79 Å². The van der Waals surface area contributed by atoms with Crippen molar-refractivity contribution in [3.05, 3.63) is 22.3 Å². The molecule has 0 bridgehead atoms. The summed E-state index contributed by atoms with van der Waals surface area (Å²) in [6.45, 7) is 12.6. The van der Waals surface area contributed by atoms with Crippen LogP contribution in [0.15, 0.2) is 22.3 Å². The number of aliphatic hydroxyl groups excluding tert-OH is 1. The van der Waals surface area contributed by atoms with Crippen LogP contribution in [0.5, 0.6) is 0 Å². The normalized spacial score (nSPS) is 26.3. The zero-order valence-electron chi connectivity index (χ0n) is 15.7. The highest BCUT2D eigenvalue weighted by Gasteiger charge is 2.57. The average Bonchev–Trinajstić information content (AvgIpc) is 2.43. The number of carboxylic acid groups (broad SMARTS) is 2. The van der Waals surface area contributed by atoms with E-state index in [4.69, 9.17) is 0 Å². The first-order valence-electron chi connectivity index (χ1n) is 8.55. The summed E-state index contributed by atoms with van der Waals surface area (Å²) in [6, 6.07) is 0. The van der Waals surface area contributed by atoms with Gasteiger partial charge in [-0.05, 0) is 43.3 Å². The molecule has 0 saturated heterocycles. The molecule has 0 fully saturated rings. The van der Waals surface area contributed by atoms with Crippen LogP contribution < -0.4 is 0 Å². The van der Waals surface area contributed by atoms with Crippen LogP contribution in [0.2, 0.25) is 0 Å². The molecule has 0 spiro atoms. The Bertz CT molecular complexity index is 595. The van der Waals surface area contributed by atoms with Gasteiger partial charge in [0.2, 0.25) is 0 Å². The van der Waals surface area contributed by atoms with Gasteiger partial charge in [-0.3, -0.25) is 4.79 Å². The Morgan fingerprint density at radius 3 is 1.88 bits per heavy atom. The van der Waals surface area contributed by atoms with Crippen LogP contribution in [-0.2, 0) is 9.59 Å². The minimum atomic E-state index is -1.43. The van der Waals surface area contributed by atoms with Gasteiger partial charge in [-0.1, -0.05) is 40.2 Å². The van der Waals surface area contributed by atoms with Crippen LogP contribution >= 0.6 is 0 Å². The maximum Gasteiger partial charge on any atom is 0.332 e. The van der Waals surface area contributed by atoms with E-state index < -0.39 is 29.4 Å². The fraction of sp³-hybridized carbons (Fsp3) is 0.684. The van der Waals surface area contributed by atoms with Crippen LogP contribution in [0.4, 0.5) is 0 Å². The molecule has 3 unspecified atom stereocenters. The molecule has 1 rings (SSSR count). The standard InChI is InChI=1S/C19H30O5/c1-8-13-14(9(2)3)11(6)19(10(4)5,18(23)24)16(12(7)20)15(13)17(21)22/h9-10,12,16,20H,8H2,1-7H3,(H,21,22)(H,23,24). The van der Waals surface area contributed by atoms with Crippen molar-refractivity contribution >= 4 is 11.9 Å². The van der Waals surface area contributed by atoms with E-state index in [2.05, 4.69) is 0 Å². The first-order chi connectivity index (χ1) is 11.0. The molecule has 0 saturated carbocycles. The molecule has 0 amide bonds. The molecule has 0 aromatic heterocycles. The van der Waals surface area contributed by atoms with Crippen molar-refractivity contribution in [1.82, 2.24) is 0 Å². The first-order valence-corrected chi connectivity index (χ1v) is 8.55. The van der Waals surface area contributed by atoms with Gasteiger partial charge >= 0.3 is 11.9 Å². The second-order valence-corrected chi connectivity index (χ2v) is 7.29. The predicted molar refractivity (Wildman–Crippen MR) is 92.6 cm³/mol.